The third kappa shape index (κ3) is 4.19. The first kappa shape index (κ1) is 20.3. The number of hydrogen-bond donors (Lipinski definition) is 3. The summed E-state index contributed by atoms with van der Waals surface area (Å²) in [5, 5.41) is 17.8. The molecule has 2 heterocycles. The van der Waals surface area contributed by atoms with Crippen molar-refractivity contribution in [2.45, 2.75) is 26.3 Å². The first-order valence-corrected chi connectivity index (χ1v) is 8.85. The van der Waals surface area contributed by atoms with Crippen molar-refractivity contribution in [3.05, 3.63) is 82.6 Å². The molecule has 0 aromatic carbocycles. The summed E-state index contributed by atoms with van der Waals surface area (Å²) in [6, 6.07) is 1.73. The van der Waals surface area contributed by atoms with Gasteiger partial charge in [-0.15, -0.1) is 0 Å². The number of allylic oxidation sites excluding steroid dienone is 5. The van der Waals surface area contributed by atoms with Crippen LogP contribution in [0.1, 0.15) is 23.1 Å². The molecule has 3 rings (SSSR count). The van der Waals surface area contributed by atoms with Crippen LogP contribution in [0.5, 0.6) is 0 Å². The molecule has 0 bridgehead atoms. The number of nitriles is 1. The fourth-order valence-corrected chi connectivity index (χ4v) is 3.25. The Kier molecular flexibility index (Phi) is 5.78. The van der Waals surface area contributed by atoms with E-state index in [4.69, 9.17) is 0 Å². The molecule has 8 heteroatoms. The van der Waals surface area contributed by atoms with Crippen molar-refractivity contribution in [3.63, 3.8) is 0 Å². The molecule has 0 saturated heterocycles. The standard InChI is InChI=1S/C21H18F2N4O2.2H2/c1-11(14-5-3-4-13(22)8-17(14)23)26-19(28)9-15-16(10-24)20-12(2)25-7-6-18(20)27-21(15)29;;/h3-8,11,25H,9H2,1-2H3,(H,26,28)(H,27,29);2*1H/t11-;;/m0../s1. The smallest absolute Gasteiger partial charge is 0.250 e. The summed E-state index contributed by atoms with van der Waals surface area (Å²) in [5.41, 5.74) is 1.44. The molecule has 0 spiro atoms. The third-order valence-corrected chi connectivity index (χ3v) is 4.63. The summed E-state index contributed by atoms with van der Waals surface area (Å²) < 4.78 is 27.4. The summed E-state index contributed by atoms with van der Waals surface area (Å²) in [6.07, 6.45) is 7.46. The number of nitrogens with zero attached hydrogens (tertiary/aromatic N) is 1. The summed E-state index contributed by atoms with van der Waals surface area (Å²) in [7, 11) is 0. The number of carbonyl (C=O) groups is 2. The van der Waals surface area contributed by atoms with Gasteiger partial charge < -0.3 is 16.0 Å². The minimum absolute atomic E-state index is 0. The number of dihydropyridines is 1. The van der Waals surface area contributed by atoms with Gasteiger partial charge >= 0.3 is 0 Å². The van der Waals surface area contributed by atoms with Crippen LogP contribution in [-0.4, -0.2) is 17.9 Å². The molecule has 0 aromatic rings. The van der Waals surface area contributed by atoms with Gasteiger partial charge in [0.15, 0.2) is 0 Å². The van der Waals surface area contributed by atoms with Gasteiger partial charge in [0.2, 0.25) is 11.8 Å². The molecule has 29 heavy (non-hydrogen) atoms. The lowest BCUT2D eigenvalue weighted by Crippen LogP contribution is -2.41. The molecule has 0 fully saturated rings. The van der Waals surface area contributed by atoms with Crippen molar-refractivity contribution >= 4 is 11.8 Å². The van der Waals surface area contributed by atoms with Gasteiger partial charge in [-0.05, 0) is 32.2 Å². The second-order valence-corrected chi connectivity index (χ2v) is 6.64. The van der Waals surface area contributed by atoms with E-state index in [0.717, 1.165) is 12.2 Å². The van der Waals surface area contributed by atoms with E-state index in [2.05, 4.69) is 16.0 Å². The summed E-state index contributed by atoms with van der Waals surface area (Å²) in [6.45, 7) is 3.30. The highest BCUT2D eigenvalue weighted by Gasteiger charge is 2.34. The summed E-state index contributed by atoms with van der Waals surface area (Å²) in [5.74, 6) is -2.64. The van der Waals surface area contributed by atoms with Gasteiger partial charge in [0.1, 0.15) is 23.8 Å². The first-order chi connectivity index (χ1) is 13.8. The maximum atomic E-state index is 14.1. The van der Waals surface area contributed by atoms with Crippen LogP contribution in [0.15, 0.2) is 70.1 Å². The zero-order valence-electron chi connectivity index (χ0n) is 15.8. The quantitative estimate of drug-likeness (QED) is 0.676. The Morgan fingerprint density at radius 1 is 1.38 bits per heavy atom. The van der Waals surface area contributed by atoms with Crippen molar-refractivity contribution in [2.24, 2.45) is 0 Å². The van der Waals surface area contributed by atoms with E-state index in [9.17, 15) is 23.6 Å². The van der Waals surface area contributed by atoms with Crippen LogP contribution in [0.2, 0.25) is 0 Å². The number of rotatable bonds is 4. The maximum Gasteiger partial charge on any atom is 0.250 e. The fraction of sp³-hybridized carbons (Fsp3) is 0.190. The van der Waals surface area contributed by atoms with Crippen LogP contribution in [0, 0.1) is 23.8 Å². The van der Waals surface area contributed by atoms with E-state index >= 15 is 0 Å². The summed E-state index contributed by atoms with van der Waals surface area (Å²) >= 11 is 0. The van der Waals surface area contributed by atoms with Crippen LogP contribution in [0.25, 0.3) is 0 Å². The van der Waals surface area contributed by atoms with Gasteiger partial charge in [-0.25, -0.2) is 8.78 Å². The second-order valence-electron chi connectivity index (χ2n) is 6.64. The molecule has 0 saturated carbocycles. The monoisotopic (exact) mass is 400 g/mol. The Balaban J connectivity index is 0.00000240. The molecule has 3 aliphatic rings. The van der Waals surface area contributed by atoms with Crippen LogP contribution in [0.4, 0.5) is 8.78 Å². The Bertz CT molecular complexity index is 1000. The number of hydrogen-bond acceptors (Lipinski definition) is 4. The Hall–Kier alpha value is -3.47. The molecule has 0 unspecified atom stereocenters. The minimum atomic E-state index is -0.798. The van der Waals surface area contributed by atoms with Gasteiger partial charge in [0, 0.05) is 37.8 Å². The molecule has 3 N–H and O–H groups in total. The molecule has 1 atom stereocenters. The molecule has 152 valence electrons. The molecule has 6 nitrogen and oxygen atoms in total. The Labute approximate surface area is 170 Å². The first-order valence-electron chi connectivity index (χ1n) is 8.85. The normalized spacial score (nSPS) is 20.4. The predicted molar refractivity (Wildman–Crippen MR) is 106 cm³/mol. The molecule has 2 aliphatic heterocycles. The lowest BCUT2D eigenvalue weighted by Gasteiger charge is -2.29. The SMILES string of the molecule is CC1=C2[C](C=CN1)NC(=O)C(CC(=O)N[C@@H](C)C1=C[CH]C=C(F)C=C1F)=C2C#N.[HH].[HH]. The highest BCUT2D eigenvalue weighted by Crippen LogP contribution is 2.33. The highest BCUT2D eigenvalue weighted by atomic mass is 19.1. The highest BCUT2D eigenvalue weighted by molar-refractivity contribution is 6.04. The number of halogens is 2. The zero-order valence-corrected chi connectivity index (χ0v) is 15.8. The predicted octanol–water partition coefficient (Wildman–Crippen LogP) is 3.10. The van der Waals surface area contributed by atoms with Gasteiger partial charge in [0.25, 0.3) is 0 Å². The van der Waals surface area contributed by atoms with Gasteiger partial charge in [-0.3, -0.25) is 9.59 Å². The van der Waals surface area contributed by atoms with E-state index in [1.54, 1.807) is 26.1 Å². The lowest BCUT2D eigenvalue weighted by atomic mass is 9.86. The molecule has 2 amide bonds. The largest absolute Gasteiger partial charge is 0.365 e. The molecule has 2 radical (unpaired) electrons. The Morgan fingerprint density at radius 3 is 2.86 bits per heavy atom. The van der Waals surface area contributed by atoms with Crippen LogP contribution >= 0.6 is 0 Å². The Morgan fingerprint density at radius 2 is 2.14 bits per heavy atom. The molecule has 1 aliphatic carbocycles. The number of amides is 2. The van der Waals surface area contributed by atoms with Gasteiger partial charge in [-0.1, -0.05) is 6.08 Å². The van der Waals surface area contributed by atoms with E-state index in [0.29, 0.717) is 17.3 Å². The molecular weight excluding hydrogens is 378 g/mol. The number of fused-ring (bicyclic) bond motifs is 1. The number of carbonyl (C=O) groups excluding carboxylic acids is 2. The van der Waals surface area contributed by atoms with Crippen molar-refractivity contribution in [3.8, 4) is 6.07 Å². The average molecular weight is 400 g/mol. The van der Waals surface area contributed by atoms with Crippen LogP contribution < -0.4 is 16.0 Å². The maximum absolute atomic E-state index is 14.1. The van der Waals surface area contributed by atoms with Crippen molar-refractivity contribution in [2.75, 3.05) is 0 Å². The van der Waals surface area contributed by atoms with E-state index in [1.807, 2.05) is 6.07 Å². The van der Waals surface area contributed by atoms with Crippen LogP contribution in [0.3, 0.4) is 0 Å². The minimum Gasteiger partial charge on any atom is -0.365 e. The van der Waals surface area contributed by atoms with E-state index < -0.39 is 29.5 Å². The number of nitrogens with one attached hydrogen (secondary N) is 3. The molecular formula is C21H22F2N4O2. The van der Waals surface area contributed by atoms with E-state index in [1.165, 1.54) is 12.5 Å². The topological polar surface area (TPSA) is 94.0 Å². The second kappa shape index (κ2) is 8.27. The zero-order chi connectivity index (χ0) is 21.1. The van der Waals surface area contributed by atoms with Gasteiger partial charge in [-0.2, -0.15) is 5.26 Å². The van der Waals surface area contributed by atoms with Crippen molar-refractivity contribution in [1.82, 2.24) is 16.0 Å². The van der Waals surface area contributed by atoms with E-state index in [-0.39, 0.29) is 26.0 Å². The van der Waals surface area contributed by atoms with Gasteiger partial charge in [0.05, 0.1) is 18.0 Å². The fourth-order valence-electron chi connectivity index (χ4n) is 3.25. The van der Waals surface area contributed by atoms with Crippen molar-refractivity contribution < 1.29 is 21.2 Å². The average Bonchev–Trinajstić information content (AvgIpc) is 2.82. The molecule has 0 aromatic heterocycles. The third-order valence-electron chi connectivity index (χ3n) is 4.63. The van der Waals surface area contributed by atoms with Crippen LogP contribution in [-0.2, 0) is 9.59 Å². The summed E-state index contributed by atoms with van der Waals surface area (Å²) in [4.78, 5) is 25.0. The lowest BCUT2D eigenvalue weighted by molar-refractivity contribution is -0.123. The van der Waals surface area contributed by atoms with Crippen molar-refractivity contribution in [1.29, 1.82) is 5.26 Å².